The number of carbonyl (C=O) groups excluding carboxylic acids is 1. The Morgan fingerprint density at radius 2 is 1.70 bits per heavy atom. The van der Waals surface area contributed by atoms with E-state index in [2.05, 4.69) is 12.1 Å². The van der Waals surface area contributed by atoms with E-state index in [-0.39, 0.29) is 23.2 Å². The topological polar surface area (TPSA) is 70.6 Å². The monoisotopic (exact) mass is 467 g/mol. The Labute approximate surface area is 187 Å². The van der Waals surface area contributed by atoms with E-state index < -0.39 is 9.84 Å². The van der Waals surface area contributed by atoms with E-state index in [0.717, 1.165) is 27.6 Å². The highest BCUT2D eigenvalue weighted by Crippen LogP contribution is 2.32. The Morgan fingerprint density at radius 3 is 2.27 bits per heavy atom. The summed E-state index contributed by atoms with van der Waals surface area (Å²) in [6.07, 6.45) is 1.15. The van der Waals surface area contributed by atoms with Crippen LogP contribution in [0.3, 0.4) is 0 Å². The van der Waals surface area contributed by atoms with Crippen molar-refractivity contribution in [2.75, 3.05) is 38.3 Å². The van der Waals surface area contributed by atoms with E-state index in [0.29, 0.717) is 23.8 Å². The standard InChI is InChI=1S/C21H25N3O3S2.ClH/c1-14-12-15(2)19-18(13-14)28-21(22-19)24(11-10-23(3)4)20(25)16-6-8-17(9-7-16)29(5,26)27;/h6-9,12-13H,10-11H2,1-5H3;1H. The van der Waals surface area contributed by atoms with Gasteiger partial charge in [0.2, 0.25) is 0 Å². The number of thiazole rings is 1. The first-order valence-electron chi connectivity index (χ1n) is 9.21. The average Bonchev–Trinajstić information content (AvgIpc) is 3.05. The molecular weight excluding hydrogens is 442 g/mol. The van der Waals surface area contributed by atoms with Crippen LogP contribution in [0.4, 0.5) is 5.13 Å². The number of sulfone groups is 1. The Kier molecular flexibility index (Phi) is 7.63. The van der Waals surface area contributed by atoms with Gasteiger partial charge in [-0.1, -0.05) is 17.4 Å². The van der Waals surface area contributed by atoms with Crippen LogP contribution < -0.4 is 4.90 Å². The van der Waals surface area contributed by atoms with Crippen molar-refractivity contribution in [3.63, 3.8) is 0 Å². The van der Waals surface area contributed by atoms with Gasteiger partial charge in [0.05, 0.1) is 15.1 Å². The molecule has 9 heteroatoms. The van der Waals surface area contributed by atoms with Crippen LogP contribution in [0.2, 0.25) is 0 Å². The molecule has 162 valence electrons. The lowest BCUT2D eigenvalue weighted by atomic mass is 10.1. The van der Waals surface area contributed by atoms with E-state index in [1.165, 1.54) is 23.5 Å². The van der Waals surface area contributed by atoms with Crippen molar-refractivity contribution in [1.29, 1.82) is 0 Å². The van der Waals surface area contributed by atoms with Gasteiger partial charge in [-0.05, 0) is 69.4 Å². The number of fused-ring (bicyclic) bond motifs is 1. The van der Waals surface area contributed by atoms with Crippen LogP contribution in [0.25, 0.3) is 10.2 Å². The molecule has 3 aromatic rings. The van der Waals surface area contributed by atoms with Crippen molar-refractivity contribution in [1.82, 2.24) is 9.88 Å². The highest BCUT2D eigenvalue weighted by atomic mass is 35.5. The molecule has 0 aliphatic carbocycles. The molecule has 6 nitrogen and oxygen atoms in total. The molecule has 0 spiro atoms. The second kappa shape index (κ2) is 9.43. The van der Waals surface area contributed by atoms with Crippen molar-refractivity contribution in [3.8, 4) is 0 Å². The Bertz CT molecular complexity index is 1160. The molecule has 0 bridgehead atoms. The number of rotatable bonds is 6. The summed E-state index contributed by atoms with van der Waals surface area (Å²) in [5.74, 6) is -0.194. The molecule has 0 aliphatic rings. The third-order valence-corrected chi connectivity index (χ3v) is 6.75. The molecule has 2 aromatic carbocycles. The number of aryl methyl sites for hydroxylation is 2. The van der Waals surface area contributed by atoms with Gasteiger partial charge < -0.3 is 4.90 Å². The van der Waals surface area contributed by atoms with Gasteiger partial charge in [0.1, 0.15) is 0 Å². The van der Waals surface area contributed by atoms with Gasteiger partial charge in [0.15, 0.2) is 15.0 Å². The second-order valence-corrected chi connectivity index (χ2v) is 10.5. The van der Waals surface area contributed by atoms with Crippen LogP contribution >= 0.6 is 23.7 Å². The Morgan fingerprint density at radius 1 is 1.07 bits per heavy atom. The summed E-state index contributed by atoms with van der Waals surface area (Å²) in [6, 6.07) is 10.2. The number of nitrogens with zero attached hydrogens (tertiary/aromatic N) is 3. The van der Waals surface area contributed by atoms with E-state index in [9.17, 15) is 13.2 Å². The minimum atomic E-state index is -3.31. The van der Waals surface area contributed by atoms with Gasteiger partial charge in [-0.3, -0.25) is 9.69 Å². The normalized spacial score (nSPS) is 11.5. The van der Waals surface area contributed by atoms with Gasteiger partial charge in [-0.15, -0.1) is 12.4 Å². The second-order valence-electron chi connectivity index (χ2n) is 7.48. The van der Waals surface area contributed by atoms with Crippen LogP contribution in [0.1, 0.15) is 21.5 Å². The summed E-state index contributed by atoms with van der Waals surface area (Å²) < 4.78 is 24.4. The SMILES string of the molecule is Cc1cc(C)c2nc(N(CCN(C)C)C(=O)c3ccc(S(C)(=O)=O)cc3)sc2c1.Cl. The van der Waals surface area contributed by atoms with Gasteiger partial charge in [0, 0.05) is 24.9 Å². The Balaban J connectivity index is 0.00000320. The number of halogens is 1. The van der Waals surface area contributed by atoms with Crippen LogP contribution in [-0.4, -0.2) is 57.6 Å². The number of carbonyl (C=O) groups is 1. The first kappa shape index (κ1) is 24.3. The number of anilines is 1. The predicted molar refractivity (Wildman–Crippen MR) is 126 cm³/mol. The summed E-state index contributed by atoms with van der Waals surface area (Å²) in [6.45, 7) is 5.23. The van der Waals surface area contributed by atoms with Crippen LogP contribution in [0.5, 0.6) is 0 Å². The summed E-state index contributed by atoms with van der Waals surface area (Å²) in [7, 11) is 0.600. The van der Waals surface area contributed by atoms with Gasteiger partial charge >= 0.3 is 0 Å². The maximum Gasteiger partial charge on any atom is 0.260 e. The third-order valence-electron chi connectivity index (χ3n) is 4.59. The molecule has 0 N–H and O–H groups in total. The molecule has 0 unspecified atom stereocenters. The first-order chi connectivity index (χ1) is 13.6. The number of aromatic nitrogens is 1. The van der Waals surface area contributed by atoms with E-state index in [1.807, 2.05) is 32.8 Å². The number of benzene rings is 2. The largest absolute Gasteiger partial charge is 0.308 e. The number of hydrogen-bond donors (Lipinski definition) is 0. The Hall–Kier alpha value is -2.00. The van der Waals surface area contributed by atoms with E-state index >= 15 is 0 Å². The maximum atomic E-state index is 13.3. The zero-order valence-electron chi connectivity index (χ0n) is 17.7. The number of amides is 1. The summed E-state index contributed by atoms with van der Waals surface area (Å²) >= 11 is 1.50. The van der Waals surface area contributed by atoms with Crippen molar-refractivity contribution < 1.29 is 13.2 Å². The fraction of sp³-hybridized carbons (Fsp3) is 0.333. The molecule has 0 fully saturated rings. The molecule has 1 heterocycles. The minimum Gasteiger partial charge on any atom is -0.308 e. The molecule has 0 saturated heterocycles. The third kappa shape index (κ3) is 5.37. The zero-order valence-corrected chi connectivity index (χ0v) is 20.1. The summed E-state index contributed by atoms with van der Waals surface area (Å²) in [4.78, 5) is 21.9. The van der Waals surface area contributed by atoms with E-state index in [1.54, 1.807) is 17.0 Å². The van der Waals surface area contributed by atoms with Crippen molar-refractivity contribution in [3.05, 3.63) is 53.1 Å². The molecule has 30 heavy (non-hydrogen) atoms. The van der Waals surface area contributed by atoms with Gasteiger partial charge in [-0.2, -0.15) is 0 Å². The highest BCUT2D eigenvalue weighted by Gasteiger charge is 2.22. The lowest BCUT2D eigenvalue weighted by molar-refractivity contribution is 0.0985. The number of hydrogen-bond acceptors (Lipinski definition) is 6. The quantitative estimate of drug-likeness (QED) is 0.549. The maximum absolute atomic E-state index is 13.3. The molecule has 1 aromatic heterocycles. The van der Waals surface area contributed by atoms with E-state index in [4.69, 9.17) is 4.98 Å². The van der Waals surface area contributed by atoms with Crippen molar-refractivity contribution in [2.45, 2.75) is 18.7 Å². The van der Waals surface area contributed by atoms with Crippen LogP contribution in [0, 0.1) is 13.8 Å². The predicted octanol–water partition coefficient (Wildman–Crippen LogP) is 3.95. The molecule has 1 amide bonds. The van der Waals surface area contributed by atoms with Crippen LogP contribution in [-0.2, 0) is 9.84 Å². The first-order valence-corrected chi connectivity index (χ1v) is 11.9. The fourth-order valence-electron chi connectivity index (χ4n) is 3.06. The highest BCUT2D eigenvalue weighted by molar-refractivity contribution is 7.90. The van der Waals surface area contributed by atoms with Gasteiger partial charge in [0.25, 0.3) is 5.91 Å². The minimum absolute atomic E-state index is 0. The van der Waals surface area contributed by atoms with Crippen molar-refractivity contribution in [2.24, 2.45) is 0 Å². The number of likely N-dealkylation sites (N-methyl/N-ethyl adjacent to an activating group) is 1. The zero-order chi connectivity index (χ0) is 21.3. The molecule has 0 saturated carbocycles. The smallest absolute Gasteiger partial charge is 0.260 e. The lowest BCUT2D eigenvalue weighted by Crippen LogP contribution is -2.36. The molecule has 3 rings (SSSR count). The fourth-order valence-corrected chi connectivity index (χ4v) is 4.86. The lowest BCUT2D eigenvalue weighted by Gasteiger charge is -2.22. The molecule has 0 radical (unpaired) electrons. The molecule has 0 aliphatic heterocycles. The summed E-state index contributed by atoms with van der Waals surface area (Å²) in [5.41, 5.74) is 3.58. The summed E-state index contributed by atoms with van der Waals surface area (Å²) in [5, 5.41) is 0.646. The van der Waals surface area contributed by atoms with Crippen LogP contribution in [0.15, 0.2) is 41.3 Å². The molecular formula is C21H26ClN3O3S2. The molecule has 0 atom stereocenters. The average molecular weight is 468 g/mol. The van der Waals surface area contributed by atoms with Gasteiger partial charge in [-0.25, -0.2) is 13.4 Å². The van der Waals surface area contributed by atoms with Crippen molar-refractivity contribution >= 4 is 54.8 Å².